The summed E-state index contributed by atoms with van der Waals surface area (Å²) in [6, 6.07) is 6.58. The van der Waals surface area contributed by atoms with Crippen LogP contribution in [0.1, 0.15) is 11.3 Å². The summed E-state index contributed by atoms with van der Waals surface area (Å²) in [6.45, 7) is 0. The molecule has 0 fully saturated rings. The van der Waals surface area contributed by atoms with Gasteiger partial charge in [0.2, 0.25) is 5.82 Å². The minimum atomic E-state index is -0.917. The van der Waals surface area contributed by atoms with Crippen molar-refractivity contribution in [1.82, 2.24) is 9.78 Å². The fraction of sp³-hybridized carbons (Fsp3) is 0.118. The summed E-state index contributed by atoms with van der Waals surface area (Å²) in [5, 5.41) is 15.6. The van der Waals surface area contributed by atoms with Crippen LogP contribution in [0.25, 0.3) is 23.1 Å². The summed E-state index contributed by atoms with van der Waals surface area (Å²) in [7, 11) is 2.98. The van der Waals surface area contributed by atoms with Gasteiger partial charge in [-0.25, -0.2) is 4.39 Å². The number of nitro groups is 1. The van der Waals surface area contributed by atoms with E-state index >= 15 is 0 Å². The molecule has 0 saturated heterocycles. The Bertz CT molecular complexity index is 1010. The lowest BCUT2D eigenvalue weighted by molar-refractivity contribution is -0.387. The van der Waals surface area contributed by atoms with Gasteiger partial charge in [0.1, 0.15) is 0 Å². The molecule has 2 aromatic carbocycles. The van der Waals surface area contributed by atoms with E-state index in [2.05, 4.69) is 5.10 Å². The Kier molecular flexibility index (Phi) is 4.18. The van der Waals surface area contributed by atoms with E-state index in [4.69, 9.17) is 4.74 Å². The average Bonchev–Trinajstić information content (AvgIpc) is 2.88. The van der Waals surface area contributed by atoms with Crippen LogP contribution in [0.5, 0.6) is 5.75 Å². The Labute approximate surface area is 141 Å². The smallest absolute Gasteiger partial charge is 0.305 e. The molecule has 3 rings (SSSR count). The molecule has 0 amide bonds. The third-order valence-electron chi connectivity index (χ3n) is 3.75. The summed E-state index contributed by atoms with van der Waals surface area (Å²) >= 11 is 0. The van der Waals surface area contributed by atoms with Gasteiger partial charge in [-0.2, -0.15) is 9.49 Å². The summed E-state index contributed by atoms with van der Waals surface area (Å²) < 4.78 is 33.6. The minimum absolute atomic E-state index is 0.103. The van der Waals surface area contributed by atoms with Gasteiger partial charge in [0, 0.05) is 24.6 Å². The highest BCUT2D eigenvalue weighted by atomic mass is 19.1. The van der Waals surface area contributed by atoms with E-state index in [1.807, 2.05) is 0 Å². The number of halogens is 2. The molecule has 128 valence electrons. The standard InChI is InChI=1S/C17H13F2N3O3/c1-21-15-9-13(19)16(22(23)24)8-11(15)14(20-21)6-4-10-3-5-12(18)17(7-10)25-2/h3-9H,1-2H3/b6-4+. The molecule has 0 unspecified atom stereocenters. The van der Waals surface area contributed by atoms with Crippen LogP contribution in [0.2, 0.25) is 0 Å². The maximum atomic E-state index is 13.8. The van der Waals surface area contributed by atoms with Crippen molar-refractivity contribution < 1.29 is 18.4 Å². The number of aryl methyl sites for hydroxylation is 1. The second kappa shape index (κ2) is 6.31. The lowest BCUT2D eigenvalue weighted by Crippen LogP contribution is -1.94. The van der Waals surface area contributed by atoms with Gasteiger partial charge in [0.05, 0.1) is 23.2 Å². The molecule has 8 heteroatoms. The Hall–Kier alpha value is -3.29. The van der Waals surface area contributed by atoms with Crippen molar-refractivity contribution in [1.29, 1.82) is 0 Å². The molecular weight excluding hydrogens is 332 g/mol. The first-order chi connectivity index (χ1) is 11.9. The van der Waals surface area contributed by atoms with Crippen LogP contribution in [0.3, 0.4) is 0 Å². The van der Waals surface area contributed by atoms with Crippen molar-refractivity contribution in [2.75, 3.05) is 7.11 Å². The highest BCUT2D eigenvalue weighted by molar-refractivity contribution is 5.91. The van der Waals surface area contributed by atoms with Crippen molar-refractivity contribution in [2.45, 2.75) is 0 Å². The third-order valence-corrected chi connectivity index (χ3v) is 3.75. The first-order valence-electron chi connectivity index (χ1n) is 7.23. The van der Waals surface area contributed by atoms with E-state index in [0.29, 0.717) is 22.2 Å². The van der Waals surface area contributed by atoms with Crippen LogP contribution < -0.4 is 4.74 Å². The molecule has 3 aromatic rings. The molecule has 0 bridgehead atoms. The molecule has 0 spiro atoms. The summed E-state index contributed by atoms with van der Waals surface area (Å²) in [4.78, 5) is 10.2. The first-order valence-corrected chi connectivity index (χ1v) is 7.23. The summed E-state index contributed by atoms with van der Waals surface area (Å²) in [6.07, 6.45) is 3.29. The van der Waals surface area contributed by atoms with Crippen LogP contribution in [0.15, 0.2) is 30.3 Å². The first kappa shape index (κ1) is 16.6. The monoisotopic (exact) mass is 345 g/mol. The van der Waals surface area contributed by atoms with Crippen LogP contribution >= 0.6 is 0 Å². The van der Waals surface area contributed by atoms with E-state index in [9.17, 15) is 18.9 Å². The number of methoxy groups -OCH3 is 1. The van der Waals surface area contributed by atoms with Crippen LogP contribution in [-0.2, 0) is 7.05 Å². The van der Waals surface area contributed by atoms with Gasteiger partial charge in [-0.3, -0.25) is 14.8 Å². The zero-order valence-corrected chi connectivity index (χ0v) is 13.4. The summed E-state index contributed by atoms with van der Waals surface area (Å²) in [5.74, 6) is -1.29. The van der Waals surface area contributed by atoms with Gasteiger partial charge >= 0.3 is 5.69 Å². The minimum Gasteiger partial charge on any atom is -0.494 e. The van der Waals surface area contributed by atoms with E-state index in [-0.39, 0.29) is 5.75 Å². The number of ether oxygens (including phenoxy) is 1. The van der Waals surface area contributed by atoms with Gasteiger partial charge in [-0.05, 0) is 23.8 Å². The fourth-order valence-corrected chi connectivity index (χ4v) is 2.51. The molecule has 0 radical (unpaired) electrons. The maximum Gasteiger partial charge on any atom is 0.305 e. The van der Waals surface area contributed by atoms with E-state index in [1.54, 1.807) is 25.3 Å². The molecule has 6 nitrogen and oxygen atoms in total. The van der Waals surface area contributed by atoms with E-state index < -0.39 is 22.2 Å². The molecule has 0 aliphatic heterocycles. The highest BCUT2D eigenvalue weighted by Gasteiger charge is 2.18. The van der Waals surface area contributed by atoms with Gasteiger partial charge in [-0.1, -0.05) is 12.1 Å². The largest absolute Gasteiger partial charge is 0.494 e. The van der Waals surface area contributed by atoms with E-state index in [0.717, 1.165) is 12.1 Å². The van der Waals surface area contributed by atoms with Gasteiger partial charge in [0.15, 0.2) is 11.6 Å². The Morgan fingerprint density at radius 3 is 2.64 bits per heavy atom. The SMILES string of the molecule is COc1cc(/C=C/c2nn(C)c3cc(F)c([N+](=O)[O-])cc23)ccc1F. The molecule has 0 saturated carbocycles. The number of rotatable bonds is 4. The zero-order valence-electron chi connectivity index (χ0n) is 13.4. The topological polar surface area (TPSA) is 70.2 Å². The van der Waals surface area contributed by atoms with Crippen LogP contribution in [0, 0.1) is 21.7 Å². The average molecular weight is 345 g/mol. The number of benzene rings is 2. The van der Waals surface area contributed by atoms with Gasteiger partial charge in [-0.15, -0.1) is 0 Å². The molecule has 1 heterocycles. The predicted molar refractivity (Wildman–Crippen MR) is 89.2 cm³/mol. The Balaban J connectivity index is 2.07. The molecule has 0 aliphatic rings. The number of hydrogen-bond donors (Lipinski definition) is 0. The number of aromatic nitrogens is 2. The third kappa shape index (κ3) is 3.06. The molecule has 0 aliphatic carbocycles. The Morgan fingerprint density at radius 1 is 1.20 bits per heavy atom. The molecule has 0 atom stereocenters. The second-order valence-corrected chi connectivity index (χ2v) is 5.31. The predicted octanol–water partition coefficient (Wildman–Crippen LogP) is 3.94. The lowest BCUT2D eigenvalue weighted by Gasteiger charge is -2.02. The molecule has 25 heavy (non-hydrogen) atoms. The van der Waals surface area contributed by atoms with Crippen molar-refractivity contribution in [3.63, 3.8) is 0 Å². The lowest BCUT2D eigenvalue weighted by atomic mass is 10.1. The number of fused-ring (bicyclic) bond motifs is 1. The van der Waals surface area contributed by atoms with Crippen LogP contribution in [0.4, 0.5) is 14.5 Å². The zero-order chi connectivity index (χ0) is 18.1. The number of nitro benzene ring substituents is 1. The molecular formula is C17H13F2N3O3. The van der Waals surface area contributed by atoms with Gasteiger partial charge in [0.25, 0.3) is 0 Å². The van der Waals surface area contributed by atoms with E-state index in [1.165, 1.54) is 23.9 Å². The molecule has 1 aromatic heterocycles. The van der Waals surface area contributed by atoms with Crippen molar-refractivity contribution in [3.8, 4) is 5.75 Å². The second-order valence-electron chi connectivity index (χ2n) is 5.31. The number of nitrogens with zero attached hydrogens (tertiary/aromatic N) is 3. The number of hydrogen-bond acceptors (Lipinski definition) is 4. The van der Waals surface area contributed by atoms with Gasteiger partial charge < -0.3 is 4.74 Å². The summed E-state index contributed by atoms with van der Waals surface area (Å²) in [5.41, 5.74) is 0.913. The quantitative estimate of drug-likeness (QED) is 0.530. The van der Waals surface area contributed by atoms with Crippen molar-refractivity contribution in [2.24, 2.45) is 7.05 Å². The molecule has 0 N–H and O–H groups in total. The van der Waals surface area contributed by atoms with Crippen molar-refractivity contribution in [3.05, 3.63) is 63.3 Å². The maximum absolute atomic E-state index is 13.8. The highest BCUT2D eigenvalue weighted by Crippen LogP contribution is 2.28. The Morgan fingerprint density at radius 2 is 1.96 bits per heavy atom. The fourth-order valence-electron chi connectivity index (χ4n) is 2.51. The normalized spacial score (nSPS) is 11.4. The van der Waals surface area contributed by atoms with Crippen molar-refractivity contribution >= 4 is 28.7 Å². The van der Waals surface area contributed by atoms with Crippen LogP contribution in [-0.4, -0.2) is 21.8 Å².